The van der Waals surface area contributed by atoms with Crippen LogP contribution < -0.4 is 0 Å². The molecule has 10 nitrogen and oxygen atoms in total. The highest BCUT2D eigenvalue weighted by molar-refractivity contribution is 5.97. The average molecular weight is 489 g/mol. The molecular weight excluding hydrogens is 460 g/mol. The Morgan fingerprint density at radius 1 is 0.722 bits per heavy atom. The maximum atomic E-state index is 12.3. The number of hydrogen-bond donors (Lipinski definition) is 2. The number of fused-ring (bicyclic) bond motifs is 2. The molecule has 0 spiro atoms. The number of carbonyl (C=O) groups is 2. The average Bonchev–Trinajstić information content (AvgIpc) is 3.27. The van der Waals surface area contributed by atoms with Crippen molar-refractivity contribution in [2.45, 2.75) is 53.6 Å². The van der Waals surface area contributed by atoms with Crippen molar-refractivity contribution in [2.24, 2.45) is 20.5 Å². The van der Waals surface area contributed by atoms with E-state index in [-0.39, 0.29) is 36.0 Å². The fourth-order valence-corrected chi connectivity index (χ4v) is 4.24. The SMILES string of the molecule is CCn1c(O)c(N=NC(=O)CCC(=O)N=Nc2c(O)n(CC)c3ccc(C)cc23)c2cc(C)ccc21. The summed E-state index contributed by atoms with van der Waals surface area (Å²) < 4.78 is 3.37. The van der Waals surface area contributed by atoms with Crippen molar-refractivity contribution in [3.63, 3.8) is 0 Å². The number of carbonyl (C=O) groups excluding carboxylic acids is 2. The van der Waals surface area contributed by atoms with Crippen LogP contribution in [0.25, 0.3) is 21.8 Å². The van der Waals surface area contributed by atoms with Gasteiger partial charge in [0.05, 0.1) is 11.0 Å². The molecule has 0 saturated heterocycles. The zero-order valence-corrected chi connectivity index (χ0v) is 20.7. The number of hydrogen-bond acceptors (Lipinski definition) is 6. The Bertz CT molecular complexity index is 1430. The van der Waals surface area contributed by atoms with Crippen molar-refractivity contribution in [3.05, 3.63) is 47.5 Å². The monoisotopic (exact) mass is 488 g/mol. The largest absolute Gasteiger partial charge is 0.493 e. The number of aryl methyl sites for hydroxylation is 4. The van der Waals surface area contributed by atoms with Gasteiger partial charge in [0.25, 0.3) is 11.8 Å². The molecule has 4 aromatic rings. The van der Waals surface area contributed by atoms with Crippen LogP contribution in [0.3, 0.4) is 0 Å². The molecule has 0 saturated carbocycles. The molecule has 2 aromatic carbocycles. The van der Waals surface area contributed by atoms with E-state index in [1.54, 1.807) is 9.13 Å². The fraction of sp³-hybridized carbons (Fsp3) is 0.308. The zero-order valence-electron chi connectivity index (χ0n) is 20.7. The van der Waals surface area contributed by atoms with Gasteiger partial charge < -0.3 is 19.3 Å². The van der Waals surface area contributed by atoms with Crippen LogP contribution in [0.4, 0.5) is 11.4 Å². The van der Waals surface area contributed by atoms with E-state index in [9.17, 15) is 19.8 Å². The minimum Gasteiger partial charge on any atom is -0.493 e. The lowest BCUT2D eigenvalue weighted by molar-refractivity contribution is -0.123. The third-order valence-electron chi connectivity index (χ3n) is 6.04. The highest BCUT2D eigenvalue weighted by Gasteiger charge is 2.18. The Morgan fingerprint density at radius 2 is 1.11 bits per heavy atom. The molecule has 10 heteroatoms. The molecule has 0 unspecified atom stereocenters. The van der Waals surface area contributed by atoms with Gasteiger partial charge in [-0.25, -0.2) is 0 Å². The van der Waals surface area contributed by atoms with Crippen LogP contribution in [0, 0.1) is 13.8 Å². The van der Waals surface area contributed by atoms with Crippen molar-refractivity contribution in [1.29, 1.82) is 0 Å². The minimum atomic E-state index is -0.621. The second-order valence-electron chi connectivity index (χ2n) is 8.56. The van der Waals surface area contributed by atoms with E-state index in [2.05, 4.69) is 20.5 Å². The van der Waals surface area contributed by atoms with Crippen LogP contribution in [0.1, 0.15) is 37.8 Å². The van der Waals surface area contributed by atoms with Crippen molar-refractivity contribution in [3.8, 4) is 11.8 Å². The lowest BCUT2D eigenvalue weighted by Crippen LogP contribution is -1.98. The van der Waals surface area contributed by atoms with Crippen molar-refractivity contribution in [2.75, 3.05) is 0 Å². The highest BCUT2D eigenvalue weighted by atomic mass is 16.3. The maximum Gasteiger partial charge on any atom is 0.265 e. The molecule has 0 bridgehead atoms. The van der Waals surface area contributed by atoms with E-state index in [0.29, 0.717) is 23.9 Å². The first-order valence-corrected chi connectivity index (χ1v) is 11.8. The predicted octanol–water partition coefficient (Wildman–Crippen LogP) is 6.36. The van der Waals surface area contributed by atoms with Crippen LogP contribution >= 0.6 is 0 Å². The number of aromatic hydroxyl groups is 2. The van der Waals surface area contributed by atoms with Crippen LogP contribution in [0.15, 0.2) is 56.9 Å². The van der Waals surface area contributed by atoms with Gasteiger partial charge in [0.15, 0.2) is 11.4 Å². The Labute approximate surface area is 207 Å². The summed E-state index contributed by atoms with van der Waals surface area (Å²) in [5, 5.41) is 37.8. The minimum absolute atomic E-state index is 0.0687. The second-order valence-corrected chi connectivity index (χ2v) is 8.56. The molecular formula is C26H28N6O4. The van der Waals surface area contributed by atoms with Crippen LogP contribution in [0.2, 0.25) is 0 Å². The van der Waals surface area contributed by atoms with Gasteiger partial charge in [-0.1, -0.05) is 23.3 Å². The van der Waals surface area contributed by atoms with Crippen molar-refractivity contribution < 1.29 is 19.8 Å². The number of amides is 2. The van der Waals surface area contributed by atoms with E-state index >= 15 is 0 Å². The Morgan fingerprint density at radius 3 is 1.47 bits per heavy atom. The topological polar surface area (TPSA) is 134 Å². The standard InChI is InChI=1S/C26H28N6O4/c1-5-31-19-9-7-15(3)13-17(19)23(25(31)35)29-27-21(33)11-12-22(34)28-30-24-18-14-16(4)8-10-20(18)32(6-2)26(24)36/h7-10,13-14,35-36H,5-6,11-12H2,1-4H3. The summed E-state index contributed by atoms with van der Waals surface area (Å²) in [4.78, 5) is 24.6. The summed E-state index contributed by atoms with van der Waals surface area (Å²) in [7, 11) is 0. The third kappa shape index (κ3) is 4.61. The van der Waals surface area contributed by atoms with Crippen LogP contribution in [0.5, 0.6) is 11.8 Å². The first-order chi connectivity index (χ1) is 17.2. The zero-order chi connectivity index (χ0) is 26.0. The molecule has 2 heterocycles. The quantitative estimate of drug-likeness (QED) is 0.292. The molecule has 0 aliphatic heterocycles. The Balaban J connectivity index is 1.46. The smallest absolute Gasteiger partial charge is 0.265 e. The van der Waals surface area contributed by atoms with Crippen LogP contribution in [-0.2, 0) is 22.7 Å². The van der Waals surface area contributed by atoms with E-state index in [0.717, 1.165) is 22.2 Å². The van der Waals surface area contributed by atoms with E-state index < -0.39 is 11.8 Å². The summed E-state index contributed by atoms with van der Waals surface area (Å²) in [6, 6.07) is 11.4. The summed E-state index contributed by atoms with van der Waals surface area (Å²) in [5.41, 5.74) is 3.98. The lowest BCUT2D eigenvalue weighted by atomic mass is 10.1. The summed E-state index contributed by atoms with van der Waals surface area (Å²) in [6.07, 6.45) is -0.426. The normalized spacial score (nSPS) is 12.0. The fourth-order valence-electron chi connectivity index (χ4n) is 4.24. The predicted molar refractivity (Wildman–Crippen MR) is 136 cm³/mol. The Hall–Kier alpha value is -4.34. The molecule has 0 fully saturated rings. The Kier molecular flexibility index (Phi) is 6.96. The third-order valence-corrected chi connectivity index (χ3v) is 6.04. The molecule has 36 heavy (non-hydrogen) atoms. The highest BCUT2D eigenvalue weighted by Crippen LogP contribution is 2.40. The first-order valence-electron chi connectivity index (χ1n) is 11.8. The van der Waals surface area contributed by atoms with Crippen molar-refractivity contribution in [1.82, 2.24) is 9.13 Å². The molecule has 0 radical (unpaired) electrons. The molecule has 0 aliphatic carbocycles. The number of benzene rings is 2. The van der Waals surface area contributed by atoms with Crippen LogP contribution in [-0.4, -0.2) is 31.2 Å². The molecule has 2 aromatic heterocycles. The van der Waals surface area contributed by atoms with Crippen molar-refractivity contribution >= 4 is 45.0 Å². The number of rotatable bonds is 7. The molecule has 2 N–H and O–H groups in total. The summed E-state index contributed by atoms with van der Waals surface area (Å²) in [5.74, 6) is -1.38. The van der Waals surface area contributed by atoms with Gasteiger partial charge in [0.1, 0.15) is 0 Å². The molecule has 186 valence electrons. The van der Waals surface area contributed by atoms with Gasteiger partial charge in [-0.2, -0.15) is 0 Å². The first kappa shape index (κ1) is 24.8. The summed E-state index contributed by atoms with van der Waals surface area (Å²) in [6.45, 7) is 8.69. The molecule has 4 rings (SSSR count). The molecule has 0 aliphatic rings. The van der Waals surface area contributed by atoms with E-state index in [4.69, 9.17) is 0 Å². The van der Waals surface area contributed by atoms with Gasteiger partial charge >= 0.3 is 0 Å². The molecule has 0 atom stereocenters. The van der Waals surface area contributed by atoms with Gasteiger partial charge in [-0.05, 0) is 52.0 Å². The summed E-state index contributed by atoms with van der Waals surface area (Å²) >= 11 is 0. The van der Waals surface area contributed by atoms with Gasteiger partial charge in [0.2, 0.25) is 11.8 Å². The molecule has 2 amide bonds. The van der Waals surface area contributed by atoms with Gasteiger partial charge in [-0.3, -0.25) is 9.59 Å². The number of aromatic nitrogens is 2. The number of nitrogens with zero attached hydrogens (tertiary/aromatic N) is 6. The number of azo groups is 2. The van der Waals surface area contributed by atoms with Gasteiger partial charge in [0, 0.05) is 36.7 Å². The van der Waals surface area contributed by atoms with Gasteiger partial charge in [-0.15, -0.1) is 20.5 Å². The van der Waals surface area contributed by atoms with E-state index in [1.165, 1.54) is 0 Å². The maximum absolute atomic E-state index is 12.3. The second kappa shape index (κ2) is 10.1. The van der Waals surface area contributed by atoms with E-state index in [1.807, 2.05) is 64.1 Å². The lowest BCUT2D eigenvalue weighted by Gasteiger charge is -2.01.